The smallest absolute Gasteiger partial charge is 0.308 e. The summed E-state index contributed by atoms with van der Waals surface area (Å²) in [5.74, 6) is 1.24. The highest BCUT2D eigenvalue weighted by Gasteiger charge is 2.19. The van der Waals surface area contributed by atoms with Gasteiger partial charge in [0.25, 0.3) is 0 Å². The molecule has 1 rings (SSSR count). The molecule has 6 heteroatoms. The Kier molecular flexibility index (Phi) is 31.4. The number of imidazole rings is 1. The van der Waals surface area contributed by atoms with Gasteiger partial charge in [-0.15, -0.1) is 0 Å². The second kappa shape index (κ2) is 33.7. The van der Waals surface area contributed by atoms with Gasteiger partial charge in [-0.3, -0.25) is 9.69 Å². The van der Waals surface area contributed by atoms with Gasteiger partial charge in [0, 0.05) is 25.5 Å². The van der Waals surface area contributed by atoms with Gasteiger partial charge < -0.3 is 14.4 Å². The van der Waals surface area contributed by atoms with Crippen LogP contribution in [0, 0.1) is 5.92 Å². The minimum atomic E-state index is -0.283. The summed E-state index contributed by atoms with van der Waals surface area (Å²) < 4.78 is 8.10. The number of aryl methyl sites for hydroxylation is 1. The number of aliphatic hydroxyl groups excluding tert-OH is 1. The van der Waals surface area contributed by atoms with E-state index in [2.05, 4.69) is 48.3 Å². The van der Waals surface area contributed by atoms with Crippen LogP contribution in [0.3, 0.4) is 0 Å². The molecule has 0 saturated heterocycles. The molecule has 0 fully saturated rings. The third kappa shape index (κ3) is 26.1. The highest BCUT2D eigenvalue weighted by Crippen LogP contribution is 2.21. The van der Waals surface area contributed by atoms with Crippen molar-refractivity contribution in [3.8, 4) is 0 Å². The first-order valence-corrected chi connectivity index (χ1v) is 21.6. The lowest BCUT2D eigenvalue weighted by Crippen LogP contribution is -2.34. The van der Waals surface area contributed by atoms with Gasteiger partial charge in [0.05, 0.1) is 25.2 Å². The second-order valence-corrected chi connectivity index (χ2v) is 15.1. The molecule has 1 aromatic heterocycles. The van der Waals surface area contributed by atoms with Gasteiger partial charge >= 0.3 is 5.97 Å². The second-order valence-electron chi connectivity index (χ2n) is 15.1. The molecule has 0 radical (unpaired) electrons. The number of aromatic nitrogens is 2. The average Bonchev–Trinajstić information content (AvgIpc) is 3.53. The standard InChI is InChI=1S/C43H83N3O3/c1-5-9-12-15-17-18-19-20-22-27-32-41(47)38-45(39-42-44-33-36-46(42)34-8-4)35-28-23-24-29-37-49-43(48)40(30-25-14-11-7-3)31-26-21-16-13-10-6-2/h33,36,40-41,47H,5-32,34-35,37-39H2,1-4H3. The van der Waals surface area contributed by atoms with E-state index in [9.17, 15) is 9.90 Å². The molecule has 1 aromatic rings. The normalized spacial score (nSPS) is 12.9. The summed E-state index contributed by atoms with van der Waals surface area (Å²) in [6.07, 6.45) is 37.6. The molecule has 1 heterocycles. The van der Waals surface area contributed by atoms with Gasteiger partial charge in [-0.2, -0.15) is 0 Å². The number of carbonyl (C=O) groups is 1. The Morgan fingerprint density at radius 3 is 1.73 bits per heavy atom. The number of hydrogen-bond acceptors (Lipinski definition) is 5. The van der Waals surface area contributed by atoms with Crippen molar-refractivity contribution in [2.45, 2.75) is 227 Å². The van der Waals surface area contributed by atoms with E-state index in [1.165, 1.54) is 109 Å². The Hall–Kier alpha value is -1.40. The number of aliphatic hydroxyl groups is 1. The van der Waals surface area contributed by atoms with E-state index in [0.29, 0.717) is 13.2 Å². The van der Waals surface area contributed by atoms with Gasteiger partial charge in [0.15, 0.2) is 0 Å². The molecule has 6 nitrogen and oxygen atoms in total. The summed E-state index contributed by atoms with van der Waals surface area (Å²) in [5.41, 5.74) is 0. The van der Waals surface area contributed by atoms with Crippen LogP contribution in [0.5, 0.6) is 0 Å². The third-order valence-corrected chi connectivity index (χ3v) is 10.2. The fourth-order valence-electron chi connectivity index (χ4n) is 7.08. The molecule has 1 N–H and O–H groups in total. The zero-order valence-electron chi connectivity index (χ0n) is 33.2. The van der Waals surface area contributed by atoms with Crippen molar-refractivity contribution in [2.24, 2.45) is 5.92 Å². The summed E-state index contributed by atoms with van der Waals surface area (Å²) in [6, 6.07) is 0. The summed E-state index contributed by atoms with van der Waals surface area (Å²) in [4.78, 5) is 20.1. The van der Waals surface area contributed by atoms with Gasteiger partial charge in [0.1, 0.15) is 5.82 Å². The summed E-state index contributed by atoms with van der Waals surface area (Å²) in [7, 11) is 0. The highest BCUT2D eigenvalue weighted by atomic mass is 16.5. The molecule has 2 atom stereocenters. The minimum absolute atomic E-state index is 0.0511. The van der Waals surface area contributed by atoms with Crippen molar-refractivity contribution in [2.75, 3.05) is 19.7 Å². The lowest BCUT2D eigenvalue weighted by molar-refractivity contribution is -0.149. The van der Waals surface area contributed by atoms with Gasteiger partial charge in [-0.25, -0.2) is 4.98 Å². The van der Waals surface area contributed by atoms with Crippen LogP contribution in [-0.2, 0) is 22.6 Å². The molecule has 0 amide bonds. The number of ether oxygens (including phenoxy) is 1. The van der Waals surface area contributed by atoms with Crippen molar-refractivity contribution < 1.29 is 14.6 Å². The number of carbonyl (C=O) groups excluding carboxylic acids is 1. The van der Waals surface area contributed by atoms with E-state index in [4.69, 9.17) is 4.74 Å². The molecule has 0 aliphatic heterocycles. The summed E-state index contributed by atoms with van der Waals surface area (Å²) in [6.45, 7) is 13.0. The number of esters is 1. The first kappa shape index (κ1) is 45.6. The maximum absolute atomic E-state index is 13.0. The topological polar surface area (TPSA) is 67.6 Å². The van der Waals surface area contributed by atoms with Gasteiger partial charge in [-0.1, -0.05) is 169 Å². The molecule has 2 unspecified atom stereocenters. The van der Waals surface area contributed by atoms with Crippen LogP contribution in [0.15, 0.2) is 12.4 Å². The van der Waals surface area contributed by atoms with Gasteiger partial charge in [0.2, 0.25) is 0 Å². The number of hydrogen-bond donors (Lipinski definition) is 1. The van der Waals surface area contributed by atoms with E-state index in [1.807, 2.05) is 6.20 Å². The molecule has 0 aromatic carbocycles. The molecule has 0 aliphatic rings. The lowest BCUT2D eigenvalue weighted by Gasteiger charge is -2.25. The highest BCUT2D eigenvalue weighted by molar-refractivity contribution is 5.72. The van der Waals surface area contributed by atoms with Crippen LogP contribution >= 0.6 is 0 Å². The van der Waals surface area contributed by atoms with Crippen molar-refractivity contribution in [3.63, 3.8) is 0 Å². The molecule has 49 heavy (non-hydrogen) atoms. The van der Waals surface area contributed by atoms with Crippen molar-refractivity contribution in [1.29, 1.82) is 0 Å². The predicted octanol–water partition coefficient (Wildman–Crippen LogP) is 12.2. The average molecular weight is 690 g/mol. The Morgan fingerprint density at radius 1 is 0.673 bits per heavy atom. The quantitative estimate of drug-likeness (QED) is 0.0556. The Labute approximate surface area is 304 Å². The van der Waals surface area contributed by atoms with E-state index in [0.717, 1.165) is 96.1 Å². The van der Waals surface area contributed by atoms with Crippen LogP contribution in [-0.4, -0.2) is 51.3 Å². The van der Waals surface area contributed by atoms with Crippen LogP contribution in [0.25, 0.3) is 0 Å². The molecule has 0 saturated carbocycles. The Morgan fingerprint density at radius 2 is 1.16 bits per heavy atom. The molecular weight excluding hydrogens is 606 g/mol. The lowest BCUT2D eigenvalue weighted by atomic mass is 9.94. The zero-order valence-corrected chi connectivity index (χ0v) is 33.2. The van der Waals surface area contributed by atoms with E-state index in [1.54, 1.807) is 0 Å². The molecule has 0 bridgehead atoms. The van der Waals surface area contributed by atoms with Gasteiger partial charge in [-0.05, 0) is 45.1 Å². The Balaban J connectivity index is 2.41. The minimum Gasteiger partial charge on any atom is -0.465 e. The van der Waals surface area contributed by atoms with Crippen LogP contribution in [0.2, 0.25) is 0 Å². The maximum Gasteiger partial charge on any atom is 0.308 e. The van der Waals surface area contributed by atoms with Crippen molar-refractivity contribution in [1.82, 2.24) is 14.5 Å². The first-order chi connectivity index (χ1) is 24.0. The molecule has 0 spiro atoms. The fourth-order valence-corrected chi connectivity index (χ4v) is 7.08. The van der Waals surface area contributed by atoms with Crippen LogP contribution in [0.4, 0.5) is 0 Å². The summed E-state index contributed by atoms with van der Waals surface area (Å²) >= 11 is 0. The summed E-state index contributed by atoms with van der Waals surface area (Å²) in [5, 5.41) is 11.0. The number of rotatable bonds is 37. The SMILES string of the molecule is CCCCCCCCCCCCC(O)CN(CCCCCCOC(=O)C(CCCCCC)CCCCCCCC)Cc1nccn1CCC. The van der Waals surface area contributed by atoms with E-state index < -0.39 is 0 Å². The van der Waals surface area contributed by atoms with Crippen molar-refractivity contribution in [3.05, 3.63) is 18.2 Å². The van der Waals surface area contributed by atoms with Crippen molar-refractivity contribution >= 4 is 5.97 Å². The predicted molar refractivity (Wildman–Crippen MR) is 210 cm³/mol. The van der Waals surface area contributed by atoms with Crippen LogP contribution < -0.4 is 0 Å². The molecule has 0 aliphatic carbocycles. The van der Waals surface area contributed by atoms with E-state index >= 15 is 0 Å². The molecular formula is C43H83N3O3. The zero-order chi connectivity index (χ0) is 35.6. The monoisotopic (exact) mass is 690 g/mol. The van der Waals surface area contributed by atoms with E-state index in [-0.39, 0.29) is 18.0 Å². The fraction of sp³-hybridized carbons (Fsp3) is 0.907. The van der Waals surface area contributed by atoms with Crippen LogP contribution in [0.1, 0.15) is 213 Å². The Bertz CT molecular complexity index is 844. The molecule has 288 valence electrons. The first-order valence-electron chi connectivity index (χ1n) is 21.6. The third-order valence-electron chi connectivity index (χ3n) is 10.2. The maximum atomic E-state index is 13.0. The number of unbranched alkanes of at least 4 members (excludes halogenated alkanes) is 20. The largest absolute Gasteiger partial charge is 0.465 e. The number of nitrogens with zero attached hydrogens (tertiary/aromatic N) is 3.